The number of nitrogens with zero attached hydrogens (tertiary/aromatic N) is 1. The lowest BCUT2D eigenvalue weighted by Crippen LogP contribution is -2.34. The Bertz CT molecular complexity index is 560. The first-order chi connectivity index (χ1) is 9.41. The molecule has 0 bridgehead atoms. The number of sulfone groups is 1. The highest BCUT2D eigenvalue weighted by Gasteiger charge is 2.34. The van der Waals surface area contributed by atoms with Gasteiger partial charge in [0.05, 0.1) is 29.8 Å². The van der Waals surface area contributed by atoms with Crippen molar-refractivity contribution >= 4 is 9.84 Å². The summed E-state index contributed by atoms with van der Waals surface area (Å²) < 4.78 is 28.8. The zero-order chi connectivity index (χ0) is 14.8. The molecule has 2 atom stereocenters. The summed E-state index contributed by atoms with van der Waals surface area (Å²) >= 11 is 0. The van der Waals surface area contributed by atoms with E-state index in [-0.39, 0.29) is 29.6 Å². The predicted octanol–water partition coefficient (Wildman–Crippen LogP) is 0.808. The van der Waals surface area contributed by atoms with Crippen molar-refractivity contribution in [2.75, 3.05) is 11.5 Å². The Morgan fingerprint density at radius 3 is 2.75 bits per heavy atom. The van der Waals surface area contributed by atoms with E-state index in [1.165, 1.54) is 0 Å². The van der Waals surface area contributed by atoms with Crippen molar-refractivity contribution in [1.82, 2.24) is 10.4 Å². The summed E-state index contributed by atoms with van der Waals surface area (Å²) in [5.41, 5.74) is 3.57. The molecule has 1 aromatic rings. The van der Waals surface area contributed by atoms with E-state index < -0.39 is 9.84 Å². The van der Waals surface area contributed by atoms with Crippen LogP contribution < -0.4 is 16.0 Å². The summed E-state index contributed by atoms with van der Waals surface area (Å²) in [6.07, 6.45) is 4.01. The molecule has 2 heterocycles. The molecule has 1 aliphatic heterocycles. The molecular weight excluding hydrogens is 278 g/mol. The second-order valence-electron chi connectivity index (χ2n) is 5.43. The number of hydrogen-bond donors (Lipinski definition) is 2. The molecule has 1 aliphatic rings. The van der Waals surface area contributed by atoms with Crippen molar-refractivity contribution in [1.29, 1.82) is 0 Å². The molecule has 112 valence electrons. The van der Waals surface area contributed by atoms with Gasteiger partial charge in [0.15, 0.2) is 9.84 Å². The first kappa shape index (κ1) is 15.2. The Morgan fingerprint density at radius 1 is 1.45 bits per heavy atom. The number of hydrogen-bond acceptors (Lipinski definition) is 6. The van der Waals surface area contributed by atoms with Crippen molar-refractivity contribution in [3.05, 3.63) is 24.0 Å². The van der Waals surface area contributed by atoms with Crippen LogP contribution in [0.3, 0.4) is 0 Å². The predicted molar refractivity (Wildman–Crippen MR) is 76.8 cm³/mol. The molecule has 0 aliphatic carbocycles. The molecule has 1 fully saturated rings. The minimum atomic E-state index is -2.93. The van der Waals surface area contributed by atoms with E-state index in [2.05, 4.69) is 10.4 Å². The zero-order valence-corrected chi connectivity index (χ0v) is 12.6. The molecule has 0 radical (unpaired) electrons. The molecule has 0 saturated carbocycles. The van der Waals surface area contributed by atoms with Crippen LogP contribution in [0, 0.1) is 5.92 Å². The van der Waals surface area contributed by atoms with Gasteiger partial charge >= 0.3 is 0 Å². The Balaban J connectivity index is 2.19. The minimum Gasteiger partial charge on any atom is -0.489 e. The third-order valence-corrected chi connectivity index (χ3v) is 5.18. The quantitative estimate of drug-likeness (QED) is 0.617. The highest BCUT2D eigenvalue weighted by atomic mass is 32.2. The van der Waals surface area contributed by atoms with Gasteiger partial charge in [0.2, 0.25) is 0 Å². The van der Waals surface area contributed by atoms with E-state index >= 15 is 0 Å². The topological polar surface area (TPSA) is 94.3 Å². The average Bonchev–Trinajstić information content (AvgIpc) is 2.70. The van der Waals surface area contributed by atoms with Gasteiger partial charge in [-0.15, -0.1) is 0 Å². The summed E-state index contributed by atoms with van der Waals surface area (Å²) in [4.78, 5) is 4.14. The fourth-order valence-electron chi connectivity index (χ4n) is 2.53. The first-order valence-electron chi connectivity index (χ1n) is 6.69. The Labute approximate surface area is 119 Å². The number of nitrogens with one attached hydrogen (secondary N) is 1. The third-order valence-electron chi connectivity index (χ3n) is 3.38. The fraction of sp³-hybridized carbons (Fsp3) is 0.615. The van der Waals surface area contributed by atoms with Gasteiger partial charge < -0.3 is 4.74 Å². The highest BCUT2D eigenvalue weighted by molar-refractivity contribution is 7.91. The van der Waals surface area contributed by atoms with Gasteiger partial charge in [-0.3, -0.25) is 16.3 Å². The van der Waals surface area contributed by atoms with Crippen molar-refractivity contribution in [3.8, 4) is 5.75 Å². The number of aromatic nitrogens is 1. The summed E-state index contributed by atoms with van der Waals surface area (Å²) in [7, 11) is -2.93. The molecule has 1 saturated heterocycles. The molecule has 1 aromatic heterocycles. The van der Waals surface area contributed by atoms with Gasteiger partial charge in [0.1, 0.15) is 5.75 Å². The third kappa shape index (κ3) is 3.68. The van der Waals surface area contributed by atoms with Crippen molar-refractivity contribution in [2.24, 2.45) is 11.8 Å². The van der Waals surface area contributed by atoms with Crippen LogP contribution in [0.15, 0.2) is 18.5 Å². The van der Waals surface area contributed by atoms with E-state index in [1.807, 2.05) is 19.9 Å². The summed E-state index contributed by atoms with van der Waals surface area (Å²) in [6, 6.07) is 1.64. The number of nitrogens with two attached hydrogens (primary N) is 1. The minimum absolute atomic E-state index is 0.0268. The summed E-state index contributed by atoms with van der Waals surface area (Å²) in [6.45, 7) is 3.88. The first-order valence-corrected chi connectivity index (χ1v) is 8.51. The fourth-order valence-corrected chi connectivity index (χ4v) is 4.37. The van der Waals surface area contributed by atoms with Crippen LogP contribution in [0.1, 0.15) is 31.9 Å². The van der Waals surface area contributed by atoms with Crippen LogP contribution in [0.5, 0.6) is 5.75 Å². The van der Waals surface area contributed by atoms with E-state index in [0.717, 1.165) is 5.56 Å². The van der Waals surface area contributed by atoms with Crippen LogP contribution in [-0.4, -0.2) is 31.0 Å². The van der Waals surface area contributed by atoms with Crippen LogP contribution in [0.25, 0.3) is 0 Å². The smallest absolute Gasteiger partial charge is 0.150 e. The molecule has 0 amide bonds. The second kappa shape index (κ2) is 6.07. The van der Waals surface area contributed by atoms with Crippen LogP contribution in [0.2, 0.25) is 0 Å². The SMILES string of the molecule is CC(C)Oc1cncc(C(NN)C2CCS(=O)(=O)C2)c1. The van der Waals surface area contributed by atoms with Gasteiger partial charge in [0.25, 0.3) is 0 Å². The van der Waals surface area contributed by atoms with Crippen molar-refractivity contribution < 1.29 is 13.2 Å². The highest BCUT2D eigenvalue weighted by Crippen LogP contribution is 2.31. The van der Waals surface area contributed by atoms with Crippen molar-refractivity contribution in [3.63, 3.8) is 0 Å². The molecule has 20 heavy (non-hydrogen) atoms. The Hall–Kier alpha value is -1.18. The molecule has 0 spiro atoms. The zero-order valence-electron chi connectivity index (χ0n) is 11.7. The molecule has 2 rings (SSSR count). The maximum absolute atomic E-state index is 11.6. The normalized spacial score (nSPS) is 22.9. The lowest BCUT2D eigenvalue weighted by Gasteiger charge is -2.22. The van der Waals surface area contributed by atoms with Crippen LogP contribution >= 0.6 is 0 Å². The van der Waals surface area contributed by atoms with E-state index in [1.54, 1.807) is 12.4 Å². The summed E-state index contributed by atoms with van der Waals surface area (Å²) in [5.74, 6) is 6.64. The van der Waals surface area contributed by atoms with Crippen molar-refractivity contribution in [2.45, 2.75) is 32.4 Å². The maximum atomic E-state index is 11.6. The second-order valence-corrected chi connectivity index (χ2v) is 7.66. The molecule has 0 aromatic carbocycles. The molecule has 6 nitrogen and oxygen atoms in total. The summed E-state index contributed by atoms with van der Waals surface area (Å²) in [5, 5.41) is 0. The van der Waals surface area contributed by atoms with Gasteiger partial charge in [0, 0.05) is 6.20 Å². The standard InChI is InChI=1S/C13H21N3O3S/c1-9(2)19-12-5-11(6-15-7-12)13(16-14)10-3-4-20(17,18)8-10/h5-7,9-10,13,16H,3-4,8,14H2,1-2H3. The Morgan fingerprint density at radius 2 is 2.20 bits per heavy atom. The molecule has 3 N–H and O–H groups in total. The van der Waals surface area contributed by atoms with Gasteiger partial charge in [-0.1, -0.05) is 0 Å². The lowest BCUT2D eigenvalue weighted by atomic mass is 9.94. The number of ether oxygens (including phenoxy) is 1. The van der Waals surface area contributed by atoms with Gasteiger partial charge in [-0.2, -0.15) is 0 Å². The lowest BCUT2D eigenvalue weighted by molar-refractivity contribution is 0.240. The van der Waals surface area contributed by atoms with Gasteiger partial charge in [-0.25, -0.2) is 8.42 Å². The number of pyridine rings is 1. The number of rotatable bonds is 5. The molecule has 2 unspecified atom stereocenters. The van der Waals surface area contributed by atoms with E-state index in [0.29, 0.717) is 12.2 Å². The Kier molecular flexibility index (Phi) is 4.62. The largest absolute Gasteiger partial charge is 0.489 e. The average molecular weight is 299 g/mol. The van der Waals surface area contributed by atoms with E-state index in [9.17, 15) is 8.42 Å². The van der Waals surface area contributed by atoms with E-state index in [4.69, 9.17) is 10.6 Å². The molecular formula is C13H21N3O3S. The monoisotopic (exact) mass is 299 g/mol. The number of hydrazine groups is 1. The van der Waals surface area contributed by atoms with Crippen LogP contribution in [0.4, 0.5) is 0 Å². The van der Waals surface area contributed by atoms with Crippen LogP contribution in [-0.2, 0) is 9.84 Å². The maximum Gasteiger partial charge on any atom is 0.150 e. The molecule has 7 heteroatoms. The van der Waals surface area contributed by atoms with Gasteiger partial charge in [-0.05, 0) is 37.8 Å².